The van der Waals surface area contributed by atoms with E-state index in [0.29, 0.717) is 5.56 Å². The fraction of sp³-hybridized carbons (Fsp3) is 0.261. The number of carbonyl (C=O) groups excluding carboxylic acids is 3. The Morgan fingerprint density at radius 2 is 1.34 bits per heavy atom. The molecule has 2 amide bonds. The molecule has 1 unspecified atom stereocenters. The van der Waals surface area contributed by atoms with Crippen molar-refractivity contribution in [2.24, 2.45) is 11.8 Å². The van der Waals surface area contributed by atoms with Crippen LogP contribution in [0, 0.1) is 11.8 Å². The average molecular weight is 386 g/mol. The molecule has 4 aliphatic rings. The quantitative estimate of drug-likeness (QED) is 0.349. The lowest BCUT2D eigenvalue weighted by Crippen LogP contribution is -2.40. The van der Waals surface area contributed by atoms with Crippen LogP contribution in [0.15, 0.2) is 72.8 Å². The van der Waals surface area contributed by atoms with E-state index in [1.165, 1.54) is 5.01 Å². The summed E-state index contributed by atoms with van der Waals surface area (Å²) in [7, 11) is 0. The monoisotopic (exact) mass is 386 g/mol. The number of carbonyl (C=O) groups is 3. The van der Waals surface area contributed by atoms with Crippen LogP contribution in [0.5, 0.6) is 0 Å². The molecule has 0 aromatic heterocycles. The van der Waals surface area contributed by atoms with Gasteiger partial charge in [-0.3, -0.25) is 14.4 Å². The second-order valence-electron chi connectivity index (χ2n) is 7.90. The number of nitrogens with zero attached hydrogens (tertiary/aromatic N) is 2. The van der Waals surface area contributed by atoms with Crippen LogP contribution in [0.25, 0.3) is 0 Å². The second-order valence-corrected chi connectivity index (χ2v) is 7.90. The van der Waals surface area contributed by atoms with Crippen LogP contribution in [0.2, 0.25) is 0 Å². The first-order valence-corrected chi connectivity index (χ1v) is 9.81. The third-order valence-electron chi connectivity index (χ3n) is 6.37. The number of fused-ring (bicyclic) bond motifs is 5. The Hall–Kier alpha value is -3.09. The second kappa shape index (κ2) is 5.95. The molecule has 0 saturated carbocycles. The van der Waals surface area contributed by atoms with Crippen molar-refractivity contribution in [2.45, 2.75) is 24.3 Å². The van der Waals surface area contributed by atoms with Crippen LogP contribution in [-0.2, 0) is 14.3 Å². The lowest BCUT2D eigenvalue weighted by atomic mass is 9.85. The molecule has 6 nitrogen and oxygen atoms in total. The fourth-order valence-corrected chi connectivity index (χ4v) is 5.01. The first-order chi connectivity index (χ1) is 14.2. The standard InChI is InChI=1S/C23H18N2O4/c26-21(14-9-5-2-6-10-14)20-19(13-7-3-1-4-8-13)24(20)25-22(27)17-15-11-12-16(29-15)18(17)23(25)28/h1-12,15-20H/t15-,16+,17-,18+,19-,20+,24?/m1/s1. The van der Waals surface area contributed by atoms with Gasteiger partial charge in [-0.1, -0.05) is 72.8 Å². The summed E-state index contributed by atoms with van der Waals surface area (Å²) in [6.07, 6.45) is 3.04. The van der Waals surface area contributed by atoms with Gasteiger partial charge in [-0.25, -0.2) is 5.01 Å². The molecule has 0 radical (unpaired) electrons. The van der Waals surface area contributed by atoms with Crippen LogP contribution in [0.3, 0.4) is 0 Å². The number of Topliss-reactive ketones (excluding diaryl/α,β-unsaturated/α-hetero) is 1. The minimum absolute atomic E-state index is 0.0885. The number of imide groups is 1. The molecule has 144 valence electrons. The molecule has 4 heterocycles. The number of hydrazine groups is 1. The maximum Gasteiger partial charge on any atom is 0.251 e. The number of hydrogen-bond donors (Lipinski definition) is 0. The maximum absolute atomic E-state index is 13.2. The number of ether oxygens (including phenoxy) is 1. The number of benzene rings is 2. The van der Waals surface area contributed by atoms with Crippen LogP contribution < -0.4 is 0 Å². The molecule has 7 atom stereocenters. The summed E-state index contributed by atoms with van der Waals surface area (Å²) >= 11 is 0. The molecule has 4 aliphatic heterocycles. The third kappa shape index (κ3) is 2.27. The smallest absolute Gasteiger partial charge is 0.251 e. The lowest BCUT2D eigenvalue weighted by molar-refractivity contribution is -0.153. The van der Waals surface area contributed by atoms with Gasteiger partial charge in [0, 0.05) is 5.56 Å². The number of rotatable bonds is 4. The SMILES string of the molecule is O=C(c1ccccc1)[C@@H]1[C@@H](c2ccccc2)N1N1C(=O)[C@@H]2[C@H](C1=O)[C@H]1C=C[C@@H]2O1. The molecule has 0 N–H and O–H groups in total. The molecule has 2 aromatic carbocycles. The molecule has 0 spiro atoms. The molecular formula is C23H18N2O4. The number of hydrogen-bond acceptors (Lipinski definition) is 5. The molecule has 6 rings (SSSR count). The van der Waals surface area contributed by atoms with Gasteiger partial charge < -0.3 is 4.74 Å². The largest absolute Gasteiger partial charge is 0.365 e. The van der Waals surface area contributed by atoms with E-state index < -0.39 is 17.9 Å². The van der Waals surface area contributed by atoms with E-state index in [1.54, 1.807) is 17.1 Å². The highest BCUT2D eigenvalue weighted by atomic mass is 16.5. The van der Waals surface area contributed by atoms with E-state index in [4.69, 9.17) is 4.74 Å². The van der Waals surface area contributed by atoms with Crippen molar-refractivity contribution in [3.8, 4) is 0 Å². The highest BCUT2D eigenvalue weighted by Crippen LogP contribution is 2.52. The highest BCUT2D eigenvalue weighted by Gasteiger charge is 2.68. The molecule has 29 heavy (non-hydrogen) atoms. The van der Waals surface area contributed by atoms with Gasteiger partial charge in [-0.05, 0) is 5.56 Å². The van der Waals surface area contributed by atoms with Crippen LogP contribution >= 0.6 is 0 Å². The first kappa shape index (κ1) is 16.8. The zero-order chi connectivity index (χ0) is 19.7. The molecule has 3 saturated heterocycles. The minimum atomic E-state index is -0.571. The lowest BCUT2D eigenvalue weighted by Gasteiger charge is -2.19. The van der Waals surface area contributed by atoms with Crippen LogP contribution in [0.1, 0.15) is 22.0 Å². The van der Waals surface area contributed by atoms with Crippen LogP contribution in [-0.4, -0.2) is 45.9 Å². The summed E-state index contributed by atoms with van der Waals surface area (Å²) in [5, 5.41) is 2.89. The highest BCUT2D eigenvalue weighted by molar-refractivity contribution is 6.08. The molecule has 0 aliphatic carbocycles. The fourth-order valence-electron chi connectivity index (χ4n) is 5.01. The van der Waals surface area contributed by atoms with E-state index in [-0.39, 0.29) is 35.8 Å². The molecular weight excluding hydrogens is 368 g/mol. The van der Waals surface area contributed by atoms with Gasteiger partial charge in [-0.15, -0.1) is 0 Å². The number of amides is 2. The van der Waals surface area contributed by atoms with E-state index in [0.717, 1.165) is 5.56 Å². The van der Waals surface area contributed by atoms with Gasteiger partial charge in [0.05, 0.1) is 30.1 Å². The van der Waals surface area contributed by atoms with Gasteiger partial charge >= 0.3 is 0 Å². The van der Waals surface area contributed by atoms with Crippen molar-refractivity contribution in [2.75, 3.05) is 0 Å². The van der Waals surface area contributed by atoms with Crippen molar-refractivity contribution in [3.63, 3.8) is 0 Å². The summed E-state index contributed by atoms with van der Waals surface area (Å²) in [5.74, 6) is -1.58. The normalized spacial score (nSPS) is 36.6. The molecule has 2 aromatic rings. The van der Waals surface area contributed by atoms with Crippen molar-refractivity contribution in [3.05, 3.63) is 83.9 Å². The maximum atomic E-state index is 13.2. The summed E-state index contributed by atoms with van der Waals surface area (Å²) < 4.78 is 5.72. The van der Waals surface area contributed by atoms with Gasteiger partial charge in [0.2, 0.25) is 0 Å². The number of ketones is 1. The van der Waals surface area contributed by atoms with Crippen molar-refractivity contribution >= 4 is 17.6 Å². The van der Waals surface area contributed by atoms with Gasteiger partial charge in [0.15, 0.2) is 5.78 Å². The van der Waals surface area contributed by atoms with E-state index in [2.05, 4.69) is 0 Å². The van der Waals surface area contributed by atoms with Crippen molar-refractivity contribution in [1.82, 2.24) is 10.0 Å². The summed E-state index contributed by atoms with van der Waals surface area (Å²) in [6.45, 7) is 0. The zero-order valence-electron chi connectivity index (χ0n) is 15.4. The summed E-state index contributed by atoms with van der Waals surface area (Å²) in [4.78, 5) is 39.6. The third-order valence-corrected chi connectivity index (χ3v) is 6.37. The van der Waals surface area contributed by atoms with Gasteiger partial charge in [-0.2, -0.15) is 5.01 Å². The zero-order valence-corrected chi connectivity index (χ0v) is 15.4. The predicted octanol–water partition coefficient (Wildman–Crippen LogP) is 2.15. The van der Waals surface area contributed by atoms with Gasteiger partial charge in [0.1, 0.15) is 6.04 Å². The Kier molecular flexibility index (Phi) is 3.45. The average Bonchev–Trinajstić information content (AvgIpc) is 3.03. The predicted molar refractivity (Wildman–Crippen MR) is 102 cm³/mol. The molecule has 3 fully saturated rings. The van der Waals surface area contributed by atoms with E-state index >= 15 is 0 Å². The Balaban J connectivity index is 1.37. The van der Waals surface area contributed by atoms with E-state index in [9.17, 15) is 14.4 Å². The summed E-state index contributed by atoms with van der Waals surface area (Å²) in [6, 6.07) is 17.7. The molecule has 2 bridgehead atoms. The first-order valence-electron chi connectivity index (χ1n) is 9.81. The van der Waals surface area contributed by atoms with Gasteiger partial charge in [0.25, 0.3) is 11.8 Å². The Labute approximate surface area is 167 Å². The Bertz CT molecular complexity index is 1020. The molecule has 6 heteroatoms. The Morgan fingerprint density at radius 1 is 0.793 bits per heavy atom. The Morgan fingerprint density at radius 3 is 1.93 bits per heavy atom. The minimum Gasteiger partial charge on any atom is -0.365 e. The van der Waals surface area contributed by atoms with Crippen LogP contribution in [0.4, 0.5) is 0 Å². The van der Waals surface area contributed by atoms with Crippen molar-refractivity contribution in [1.29, 1.82) is 0 Å². The van der Waals surface area contributed by atoms with E-state index in [1.807, 2.05) is 60.7 Å². The van der Waals surface area contributed by atoms with Crippen molar-refractivity contribution < 1.29 is 19.1 Å². The summed E-state index contributed by atoms with van der Waals surface area (Å²) in [5.41, 5.74) is 1.49. The topological polar surface area (TPSA) is 66.7 Å².